The van der Waals surface area contributed by atoms with Crippen LogP contribution in [-0.4, -0.2) is 47.0 Å². The SMILES string of the molecule is CCN(c1cc2oc(-c3ccc(-n4cccn4)cc3)c(C(=O)NC)c2cc1-c1cccc(C(=O)NC(C)(C)C)c1)C(C)[O-]. The number of aromatic nitrogens is 2. The van der Waals surface area contributed by atoms with Gasteiger partial charge in [-0.2, -0.15) is 5.10 Å². The van der Waals surface area contributed by atoms with Gasteiger partial charge in [0.25, 0.3) is 11.8 Å². The Morgan fingerprint density at radius 2 is 1.77 bits per heavy atom. The Balaban J connectivity index is 1.71. The summed E-state index contributed by atoms with van der Waals surface area (Å²) in [6, 6.07) is 20.4. The van der Waals surface area contributed by atoms with E-state index in [1.807, 2.05) is 94.6 Å². The zero-order chi connectivity index (χ0) is 30.9. The maximum atomic E-state index is 13.3. The van der Waals surface area contributed by atoms with E-state index in [0.29, 0.717) is 45.7 Å². The molecule has 0 saturated carbocycles. The molecule has 222 valence electrons. The van der Waals surface area contributed by atoms with E-state index in [1.54, 1.807) is 35.8 Å². The highest BCUT2D eigenvalue weighted by atomic mass is 16.3. The van der Waals surface area contributed by atoms with Crippen molar-refractivity contribution in [3.05, 3.63) is 90.3 Å². The van der Waals surface area contributed by atoms with Crippen LogP contribution < -0.4 is 20.6 Å². The van der Waals surface area contributed by atoms with Crippen LogP contribution in [0.5, 0.6) is 0 Å². The summed E-state index contributed by atoms with van der Waals surface area (Å²) in [5.74, 6) is -0.0795. The van der Waals surface area contributed by atoms with E-state index in [1.165, 1.54) is 0 Å². The van der Waals surface area contributed by atoms with E-state index in [9.17, 15) is 14.7 Å². The Kier molecular flexibility index (Phi) is 8.10. The molecular weight excluding hydrogens is 542 g/mol. The number of benzene rings is 3. The smallest absolute Gasteiger partial charge is 0.255 e. The second-order valence-corrected chi connectivity index (χ2v) is 11.4. The van der Waals surface area contributed by atoms with Gasteiger partial charge in [0.2, 0.25) is 0 Å². The van der Waals surface area contributed by atoms with Crippen molar-refractivity contribution < 1.29 is 19.1 Å². The van der Waals surface area contributed by atoms with Gasteiger partial charge >= 0.3 is 0 Å². The van der Waals surface area contributed by atoms with E-state index in [4.69, 9.17) is 4.42 Å². The van der Waals surface area contributed by atoms with Gasteiger partial charge in [0.1, 0.15) is 11.3 Å². The average Bonchev–Trinajstić information content (AvgIpc) is 3.64. The Hall–Kier alpha value is -4.89. The van der Waals surface area contributed by atoms with E-state index < -0.39 is 11.8 Å². The molecule has 1 unspecified atom stereocenters. The van der Waals surface area contributed by atoms with Gasteiger partial charge < -0.3 is 25.1 Å². The van der Waals surface area contributed by atoms with Gasteiger partial charge in [-0.25, -0.2) is 4.68 Å². The molecule has 0 spiro atoms. The summed E-state index contributed by atoms with van der Waals surface area (Å²) in [7, 11) is 1.58. The van der Waals surface area contributed by atoms with Crippen LogP contribution in [0.2, 0.25) is 0 Å². The molecule has 0 aliphatic carbocycles. The zero-order valence-electron chi connectivity index (χ0n) is 25.3. The van der Waals surface area contributed by atoms with Crippen molar-refractivity contribution >= 4 is 28.5 Å². The quantitative estimate of drug-likeness (QED) is 0.239. The van der Waals surface area contributed by atoms with Crippen molar-refractivity contribution in [3.8, 4) is 28.1 Å². The normalized spacial score (nSPS) is 12.3. The van der Waals surface area contributed by atoms with Gasteiger partial charge in [-0.05, 0) is 81.8 Å². The fraction of sp³-hybridized carbons (Fsp3) is 0.265. The predicted molar refractivity (Wildman–Crippen MR) is 167 cm³/mol. The number of nitrogens with zero attached hydrogens (tertiary/aromatic N) is 3. The van der Waals surface area contributed by atoms with Crippen LogP contribution in [0.3, 0.4) is 0 Å². The third kappa shape index (κ3) is 6.03. The fourth-order valence-corrected chi connectivity index (χ4v) is 5.21. The third-order valence-corrected chi connectivity index (χ3v) is 7.17. The Morgan fingerprint density at radius 1 is 1.02 bits per heavy atom. The molecule has 0 aliphatic heterocycles. The first-order valence-electron chi connectivity index (χ1n) is 14.3. The molecule has 1 atom stereocenters. The maximum absolute atomic E-state index is 13.3. The fourth-order valence-electron chi connectivity index (χ4n) is 5.21. The maximum Gasteiger partial charge on any atom is 0.255 e. The van der Waals surface area contributed by atoms with Gasteiger partial charge in [0.15, 0.2) is 0 Å². The summed E-state index contributed by atoms with van der Waals surface area (Å²) >= 11 is 0. The van der Waals surface area contributed by atoms with E-state index >= 15 is 0 Å². The van der Waals surface area contributed by atoms with E-state index in [-0.39, 0.29) is 11.8 Å². The first kappa shape index (κ1) is 29.6. The largest absolute Gasteiger partial charge is 0.836 e. The predicted octanol–water partition coefficient (Wildman–Crippen LogP) is 5.37. The molecule has 3 aromatic carbocycles. The summed E-state index contributed by atoms with van der Waals surface area (Å²) in [6.07, 6.45) is 2.52. The minimum atomic E-state index is -1.05. The number of carbonyl (C=O) groups is 2. The molecule has 2 amide bonds. The Labute approximate surface area is 251 Å². The zero-order valence-corrected chi connectivity index (χ0v) is 25.3. The number of nitrogens with one attached hydrogen (secondary N) is 2. The molecule has 0 radical (unpaired) electrons. The number of rotatable bonds is 8. The Morgan fingerprint density at radius 3 is 2.37 bits per heavy atom. The lowest BCUT2D eigenvalue weighted by atomic mass is 9.96. The number of anilines is 1. The highest BCUT2D eigenvalue weighted by molar-refractivity contribution is 6.13. The second kappa shape index (κ2) is 11.8. The molecule has 2 N–H and O–H groups in total. The van der Waals surface area contributed by atoms with Crippen molar-refractivity contribution in [1.29, 1.82) is 0 Å². The molecule has 2 heterocycles. The lowest BCUT2D eigenvalue weighted by Crippen LogP contribution is -2.42. The van der Waals surface area contributed by atoms with Crippen LogP contribution in [0.25, 0.3) is 39.1 Å². The summed E-state index contributed by atoms with van der Waals surface area (Å²) in [5, 5.41) is 23.5. The van der Waals surface area contributed by atoms with E-state index in [0.717, 1.165) is 16.8 Å². The minimum absolute atomic E-state index is 0.197. The molecular formula is C34H36N5O4-. The van der Waals surface area contributed by atoms with Gasteiger partial charge in [0, 0.05) is 65.4 Å². The van der Waals surface area contributed by atoms with Crippen LogP contribution in [-0.2, 0) is 0 Å². The number of furan rings is 1. The topological polar surface area (TPSA) is 115 Å². The second-order valence-electron chi connectivity index (χ2n) is 11.4. The molecule has 0 fully saturated rings. The third-order valence-electron chi connectivity index (χ3n) is 7.17. The van der Waals surface area contributed by atoms with Crippen molar-refractivity contribution in [2.75, 3.05) is 18.5 Å². The van der Waals surface area contributed by atoms with Gasteiger partial charge in [0.05, 0.1) is 11.3 Å². The van der Waals surface area contributed by atoms with Crippen LogP contribution in [0.4, 0.5) is 5.69 Å². The molecule has 9 heteroatoms. The molecule has 0 aliphatic rings. The first-order chi connectivity index (χ1) is 20.5. The molecule has 0 saturated heterocycles. The van der Waals surface area contributed by atoms with Crippen molar-refractivity contribution in [2.24, 2.45) is 0 Å². The molecule has 2 aromatic heterocycles. The molecule has 5 rings (SSSR count). The van der Waals surface area contributed by atoms with Gasteiger partial charge in [-0.15, -0.1) is 0 Å². The molecule has 0 bridgehead atoms. The number of amides is 2. The monoisotopic (exact) mass is 578 g/mol. The van der Waals surface area contributed by atoms with Crippen LogP contribution >= 0.6 is 0 Å². The van der Waals surface area contributed by atoms with Crippen LogP contribution in [0.1, 0.15) is 55.3 Å². The van der Waals surface area contributed by atoms with Crippen LogP contribution in [0, 0.1) is 0 Å². The highest BCUT2D eigenvalue weighted by Gasteiger charge is 2.25. The highest BCUT2D eigenvalue weighted by Crippen LogP contribution is 2.41. The van der Waals surface area contributed by atoms with E-state index in [2.05, 4.69) is 15.7 Å². The summed E-state index contributed by atoms with van der Waals surface area (Å²) < 4.78 is 8.14. The Bertz CT molecular complexity index is 1760. The van der Waals surface area contributed by atoms with Gasteiger partial charge in [-0.1, -0.05) is 25.3 Å². The lowest BCUT2D eigenvalue weighted by Gasteiger charge is -2.36. The van der Waals surface area contributed by atoms with Gasteiger partial charge in [-0.3, -0.25) is 9.59 Å². The number of hydrogen-bond donors (Lipinski definition) is 2. The minimum Gasteiger partial charge on any atom is -0.836 e. The molecule has 5 aromatic rings. The van der Waals surface area contributed by atoms with Crippen molar-refractivity contribution in [3.63, 3.8) is 0 Å². The van der Waals surface area contributed by atoms with Crippen molar-refractivity contribution in [1.82, 2.24) is 20.4 Å². The summed E-state index contributed by atoms with van der Waals surface area (Å²) in [5.41, 5.74) is 4.66. The standard InChI is InChI=1S/C34H36N5O4/c1-7-38(21(2)40)28-20-29-27(19-26(28)23-10-8-11-24(18-23)32(41)37-34(3,4)5)30(33(42)35-6)31(43-29)22-12-14-25(15-13-22)39-17-9-16-36-39/h8-21H,7H2,1-6H3,(H,35,42)(H,37,41)/q-1. The lowest BCUT2D eigenvalue weighted by molar-refractivity contribution is -0.413. The van der Waals surface area contributed by atoms with Crippen molar-refractivity contribution in [2.45, 2.75) is 46.4 Å². The molecule has 43 heavy (non-hydrogen) atoms. The number of fused-ring (bicyclic) bond motifs is 1. The number of carbonyl (C=O) groups excluding carboxylic acids is 2. The average molecular weight is 579 g/mol. The molecule has 9 nitrogen and oxygen atoms in total. The first-order valence-corrected chi connectivity index (χ1v) is 14.3. The summed E-state index contributed by atoms with van der Waals surface area (Å²) in [6.45, 7) is 9.75. The van der Waals surface area contributed by atoms with Crippen LogP contribution in [0.15, 0.2) is 83.5 Å². The summed E-state index contributed by atoms with van der Waals surface area (Å²) in [4.78, 5) is 28.1. The number of hydrogen-bond acceptors (Lipinski definition) is 6.